The third-order valence-electron chi connectivity index (χ3n) is 1.03. The zero-order chi connectivity index (χ0) is 9.40. The van der Waals surface area contributed by atoms with Crippen molar-refractivity contribution in [1.29, 1.82) is 0 Å². The van der Waals surface area contributed by atoms with Crippen LogP contribution < -0.4 is 0 Å². The molecule has 1 unspecified atom stereocenters. The lowest BCUT2D eigenvalue weighted by atomic mass is 10.4. The molecule has 4 heteroatoms. The minimum absolute atomic E-state index is 0. The average Bonchev–Trinajstić information content (AvgIpc) is 2.03. The van der Waals surface area contributed by atoms with Gasteiger partial charge >= 0.3 is 0 Å². The van der Waals surface area contributed by atoms with Crippen LogP contribution in [0.4, 0.5) is 0 Å². The highest BCUT2D eigenvalue weighted by molar-refractivity contribution is 5.85. The summed E-state index contributed by atoms with van der Waals surface area (Å²) in [5.41, 5.74) is 0. The fourth-order valence-electron chi connectivity index (χ4n) is 0.551. The Kier molecular flexibility index (Phi) is 10.3. The van der Waals surface area contributed by atoms with Gasteiger partial charge < -0.3 is 4.90 Å². The van der Waals surface area contributed by atoms with Crippen LogP contribution in [-0.4, -0.2) is 44.6 Å². The lowest BCUT2D eigenvalue weighted by Gasteiger charge is -2.05. The smallest absolute Gasteiger partial charge is 0.0892 e. The molecule has 0 saturated carbocycles. The van der Waals surface area contributed by atoms with Crippen LogP contribution in [0.3, 0.4) is 0 Å². The summed E-state index contributed by atoms with van der Waals surface area (Å²) in [6.45, 7) is 3.13. The van der Waals surface area contributed by atoms with Crippen molar-refractivity contribution in [1.82, 2.24) is 4.90 Å². The Morgan fingerprint density at radius 2 is 2.08 bits per heavy atom. The van der Waals surface area contributed by atoms with Gasteiger partial charge in [0.05, 0.1) is 12.6 Å². The monoisotopic (exact) mass is 192 g/mol. The van der Waals surface area contributed by atoms with Crippen molar-refractivity contribution in [3.8, 4) is 0 Å². The maximum Gasteiger partial charge on any atom is 0.0892 e. The third-order valence-corrected chi connectivity index (χ3v) is 1.03. The molecule has 0 fully saturated rings. The van der Waals surface area contributed by atoms with E-state index in [-0.39, 0.29) is 18.9 Å². The van der Waals surface area contributed by atoms with Crippen LogP contribution in [0.25, 0.3) is 0 Å². The summed E-state index contributed by atoms with van der Waals surface area (Å²) < 4.78 is 7.51. The van der Waals surface area contributed by atoms with Gasteiger partial charge in [-0.15, -0.1) is 12.4 Å². The Labute approximate surface area is 82.4 Å². The van der Waals surface area contributed by atoms with E-state index in [0.717, 1.165) is 13.0 Å². The summed E-state index contributed by atoms with van der Waals surface area (Å²) >= 11 is 0. The van der Waals surface area contributed by atoms with Gasteiger partial charge in [0.2, 0.25) is 0 Å². The molecule has 0 spiro atoms. The lowest BCUT2D eigenvalue weighted by Crippen LogP contribution is -2.13. The summed E-state index contributed by atoms with van der Waals surface area (Å²) in [7, 11) is 3.78. The Morgan fingerprint density at radius 1 is 1.42 bits per heavy atom. The first-order chi connectivity index (χ1) is 5.68. The SMILES string of the molecule is Cl.[2H]C(CCN=C=NCC)N(C)C. The van der Waals surface area contributed by atoms with E-state index < -0.39 is 0 Å². The Bertz CT molecular complexity index is 167. The van der Waals surface area contributed by atoms with Gasteiger partial charge in [-0.05, 0) is 34.0 Å². The summed E-state index contributed by atoms with van der Waals surface area (Å²) in [6, 6.07) is 2.58. The second kappa shape index (κ2) is 10.6. The van der Waals surface area contributed by atoms with Crippen LogP contribution in [0, 0.1) is 0 Å². The van der Waals surface area contributed by atoms with Crippen LogP contribution in [-0.2, 0) is 0 Å². The summed E-state index contributed by atoms with van der Waals surface area (Å²) in [5.74, 6) is 0. The molecule has 0 aliphatic heterocycles. The minimum Gasteiger partial charge on any atom is -0.309 e. The maximum atomic E-state index is 7.51. The second-order valence-corrected chi connectivity index (χ2v) is 2.39. The quantitative estimate of drug-likeness (QED) is 0.608. The zero-order valence-corrected chi connectivity index (χ0v) is 8.77. The largest absolute Gasteiger partial charge is 0.309 e. The van der Waals surface area contributed by atoms with Gasteiger partial charge in [-0.2, -0.15) is 0 Å². The Hall–Kier alpha value is -0.370. The lowest BCUT2D eigenvalue weighted by molar-refractivity contribution is 0.403. The fraction of sp³-hybridized carbons (Fsp3) is 0.875. The van der Waals surface area contributed by atoms with Crippen molar-refractivity contribution in [2.45, 2.75) is 13.3 Å². The second-order valence-electron chi connectivity index (χ2n) is 2.39. The average molecular weight is 193 g/mol. The molecule has 0 heterocycles. The van der Waals surface area contributed by atoms with E-state index >= 15 is 0 Å². The molecule has 0 radical (unpaired) electrons. The molecule has 0 saturated heterocycles. The Morgan fingerprint density at radius 3 is 2.58 bits per heavy atom. The van der Waals surface area contributed by atoms with Gasteiger partial charge in [-0.25, -0.2) is 9.98 Å². The van der Waals surface area contributed by atoms with Crippen molar-refractivity contribution < 1.29 is 1.37 Å². The normalized spacial score (nSPS) is 12.5. The molecule has 0 aliphatic carbocycles. The predicted octanol–water partition coefficient (Wildman–Crippen LogP) is 1.55. The van der Waals surface area contributed by atoms with E-state index in [1.54, 1.807) is 0 Å². The van der Waals surface area contributed by atoms with E-state index in [0.29, 0.717) is 6.54 Å². The molecule has 0 N–H and O–H groups in total. The summed E-state index contributed by atoms with van der Waals surface area (Å²) in [5, 5.41) is 0. The van der Waals surface area contributed by atoms with Gasteiger partial charge in [0, 0.05) is 7.92 Å². The number of hydrogen-bond donors (Lipinski definition) is 0. The molecule has 3 nitrogen and oxygen atoms in total. The van der Waals surface area contributed by atoms with E-state index in [1.165, 1.54) is 0 Å². The predicted molar refractivity (Wildman–Crippen MR) is 55.7 cm³/mol. The highest BCUT2D eigenvalue weighted by Gasteiger charge is 1.86. The molecular weight excluding hydrogens is 174 g/mol. The molecule has 0 aromatic carbocycles. The van der Waals surface area contributed by atoms with Crippen molar-refractivity contribution in [2.24, 2.45) is 9.98 Å². The molecular formula is C8H18ClN3. The molecule has 12 heavy (non-hydrogen) atoms. The highest BCUT2D eigenvalue weighted by atomic mass is 35.5. The van der Waals surface area contributed by atoms with Gasteiger partial charge in [-0.1, -0.05) is 0 Å². The van der Waals surface area contributed by atoms with E-state index in [9.17, 15) is 0 Å². The fourth-order valence-corrected chi connectivity index (χ4v) is 0.551. The van der Waals surface area contributed by atoms with Crippen molar-refractivity contribution in [3.05, 3.63) is 0 Å². The van der Waals surface area contributed by atoms with Gasteiger partial charge in [0.1, 0.15) is 0 Å². The molecule has 1 atom stereocenters. The van der Waals surface area contributed by atoms with Crippen LogP contribution in [0.15, 0.2) is 9.98 Å². The molecule has 0 bridgehead atoms. The summed E-state index contributed by atoms with van der Waals surface area (Å²) in [4.78, 5) is 9.60. The number of nitrogens with zero attached hydrogens (tertiary/aromatic N) is 3. The number of rotatable bonds is 5. The third kappa shape index (κ3) is 12.3. The van der Waals surface area contributed by atoms with E-state index in [4.69, 9.17) is 1.37 Å². The van der Waals surface area contributed by atoms with Crippen molar-refractivity contribution in [2.75, 3.05) is 33.7 Å². The van der Waals surface area contributed by atoms with Crippen molar-refractivity contribution >= 4 is 18.4 Å². The topological polar surface area (TPSA) is 28.0 Å². The van der Waals surface area contributed by atoms with E-state index in [1.807, 2.05) is 25.9 Å². The molecule has 0 aliphatic rings. The molecule has 0 aromatic heterocycles. The van der Waals surface area contributed by atoms with Gasteiger partial charge in [0.25, 0.3) is 0 Å². The first kappa shape index (κ1) is 11.6. The minimum atomic E-state index is -0.169. The van der Waals surface area contributed by atoms with Gasteiger partial charge in [0.15, 0.2) is 0 Å². The maximum absolute atomic E-state index is 7.51. The Balaban J connectivity index is 0. The van der Waals surface area contributed by atoms with E-state index in [2.05, 4.69) is 16.0 Å². The molecule has 0 amide bonds. The number of halogens is 1. The number of hydrogen-bond acceptors (Lipinski definition) is 3. The highest BCUT2D eigenvalue weighted by Crippen LogP contribution is 1.82. The van der Waals surface area contributed by atoms with Crippen LogP contribution in [0.5, 0.6) is 0 Å². The molecule has 0 rings (SSSR count). The summed E-state index contributed by atoms with van der Waals surface area (Å²) in [6.07, 6.45) is 0.735. The van der Waals surface area contributed by atoms with Crippen LogP contribution >= 0.6 is 12.4 Å². The molecule has 72 valence electrons. The number of aliphatic imine (C=N–C) groups is 2. The van der Waals surface area contributed by atoms with Crippen molar-refractivity contribution in [3.63, 3.8) is 0 Å². The zero-order valence-electron chi connectivity index (χ0n) is 8.95. The first-order valence-corrected chi connectivity index (χ1v) is 3.85. The van der Waals surface area contributed by atoms with Crippen LogP contribution in [0.2, 0.25) is 0 Å². The van der Waals surface area contributed by atoms with Gasteiger partial charge in [-0.3, -0.25) is 0 Å². The molecule has 0 aromatic rings. The van der Waals surface area contributed by atoms with Crippen LogP contribution in [0.1, 0.15) is 14.7 Å². The first-order valence-electron chi connectivity index (χ1n) is 4.43. The standard InChI is InChI=1S/C8H17N3.ClH/c1-4-9-8-10-6-5-7-11(2)3;/h4-7H2,1-3H3;1H/i7D;.